The Bertz CT molecular complexity index is 680. The summed E-state index contributed by atoms with van der Waals surface area (Å²) in [6, 6.07) is 11.2. The molecule has 1 aromatic heterocycles. The van der Waals surface area contributed by atoms with Crippen molar-refractivity contribution in [3.05, 3.63) is 36.4 Å². The lowest BCUT2D eigenvalue weighted by molar-refractivity contribution is -0.120. The van der Waals surface area contributed by atoms with E-state index >= 15 is 0 Å². The number of nitrogens with one attached hydrogen (secondary N) is 2. The zero-order valence-electron chi connectivity index (χ0n) is 14.5. The van der Waals surface area contributed by atoms with E-state index in [9.17, 15) is 4.79 Å². The van der Waals surface area contributed by atoms with Gasteiger partial charge in [0.25, 0.3) is 0 Å². The van der Waals surface area contributed by atoms with Crippen LogP contribution in [0.5, 0.6) is 5.75 Å². The van der Waals surface area contributed by atoms with Crippen molar-refractivity contribution < 1.29 is 9.53 Å². The predicted molar refractivity (Wildman–Crippen MR) is 98.1 cm³/mol. The van der Waals surface area contributed by atoms with E-state index in [1.54, 1.807) is 12.1 Å². The first-order valence-corrected chi connectivity index (χ1v) is 8.89. The molecule has 25 heavy (non-hydrogen) atoms. The van der Waals surface area contributed by atoms with Crippen molar-refractivity contribution in [2.45, 2.75) is 39.0 Å². The highest BCUT2D eigenvalue weighted by molar-refractivity contribution is 5.91. The minimum atomic E-state index is 0.0567. The normalized spacial score (nSPS) is 14.8. The van der Waals surface area contributed by atoms with Gasteiger partial charge in [0.15, 0.2) is 11.6 Å². The molecule has 132 valence electrons. The molecular weight excluding hydrogens is 316 g/mol. The summed E-state index contributed by atoms with van der Waals surface area (Å²) in [6.07, 6.45) is 5.44. The van der Waals surface area contributed by atoms with Crippen molar-refractivity contribution in [3.8, 4) is 5.75 Å². The third-order valence-corrected chi connectivity index (χ3v) is 4.33. The molecule has 1 saturated carbocycles. The van der Waals surface area contributed by atoms with Crippen LogP contribution >= 0.6 is 0 Å². The van der Waals surface area contributed by atoms with E-state index < -0.39 is 0 Å². The SMILES string of the molecule is CCOc1ccc(Nc2ccc(NC(=O)C3CCCCC3)nn2)cc1. The molecule has 2 N–H and O–H groups in total. The third-order valence-electron chi connectivity index (χ3n) is 4.33. The van der Waals surface area contributed by atoms with Gasteiger partial charge in [0.1, 0.15) is 5.75 Å². The molecule has 0 bridgehead atoms. The quantitative estimate of drug-likeness (QED) is 0.826. The van der Waals surface area contributed by atoms with E-state index in [2.05, 4.69) is 20.8 Å². The highest BCUT2D eigenvalue weighted by Gasteiger charge is 2.21. The van der Waals surface area contributed by atoms with Gasteiger partial charge < -0.3 is 15.4 Å². The Balaban J connectivity index is 1.55. The second-order valence-corrected chi connectivity index (χ2v) is 6.21. The number of anilines is 3. The van der Waals surface area contributed by atoms with E-state index in [0.29, 0.717) is 18.2 Å². The van der Waals surface area contributed by atoms with Crippen LogP contribution in [0.15, 0.2) is 36.4 Å². The number of hydrogen-bond donors (Lipinski definition) is 2. The van der Waals surface area contributed by atoms with Crippen LogP contribution in [0.4, 0.5) is 17.3 Å². The molecule has 0 unspecified atom stereocenters. The summed E-state index contributed by atoms with van der Waals surface area (Å²) >= 11 is 0. The van der Waals surface area contributed by atoms with Gasteiger partial charge in [-0.25, -0.2) is 0 Å². The molecule has 1 aliphatic rings. The first-order valence-electron chi connectivity index (χ1n) is 8.89. The Kier molecular flexibility index (Phi) is 5.82. The van der Waals surface area contributed by atoms with Gasteiger partial charge in [0.05, 0.1) is 6.61 Å². The fourth-order valence-corrected chi connectivity index (χ4v) is 3.01. The van der Waals surface area contributed by atoms with Crippen molar-refractivity contribution in [2.24, 2.45) is 5.92 Å². The molecule has 1 aliphatic carbocycles. The topological polar surface area (TPSA) is 76.1 Å². The molecule has 3 rings (SSSR count). The summed E-state index contributed by atoms with van der Waals surface area (Å²) < 4.78 is 5.42. The van der Waals surface area contributed by atoms with Crippen molar-refractivity contribution in [1.29, 1.82) is 0 Å². The van der Waals surface area contributed by atoms with Crippen molar-refractivity contribution >= 4 is 23.2 Å². The zero-order chi connectivity index (χ0) is 17.5. The van der Waals surface area contributed by atoms with E-state index in [4.69, 9.17) is 4.74 Å². The third kappa shape index (κ3) is 4.92. The summed E-state index contributed by atoms with van der Waals surface area (Å²) in [7, 11) is 0. The van der Waals surface area contributed by atoms with Gasteiger partial charge in [-0.05, 0) is 56.2 Å². The molecule has 0 atom stereocenters. The zero-order valence-corrected chi connectivity index (χ0v) is 14.5. The van der Waals surface area contributed by atoms with E-state index in [-0.39, 0.29) is 11.8 Å². The van der Waals surface area contributed by atoms with Crippen LogP contribution in [0.3, 0.4) is 0 Å². The Hall–Kier alpha value is -2.63. The molecule has 6 nitrogen and oxygen atoms in total. The van der Waals surface area contributed by atoms with Crippen LogP contribution in [0, 0.1) is 5.92 Å². The van der Waals surface area contributed by atoms with Crippen LogP contribution in [0.2, 0.25) is 0 Å². The van der Waals surface area contributed by atoms with Gasteiger partial charge in [-0.15, -0.1) is 10.2 Å². The van der Waals surface area contributed by atoms with Gasteiger partial charge in [0.2, 0.25) is 5.91 Å². The number of carbonyl (C=O) groups excluding carboxylic acids is 1. The van der Waals surface area contributed by atoms with Crippen LogP contribution in [-0.4, -0.2) is 22.7 Å². The number of nitrogens with zero attached hydrogens (tertiary/aromatic N) is 2. The monoisotopic (exact) mass is 340 g/mol. The number of ether oxygens (including phenoxy) is 1. The molecule has 1 aromatic carbocycles. The minimum absolute atomic E-state index is 0.0567. The summed E-state index contributed by atoms with van der Waals surface area (Å²) in [5.74, 6) is 2.12. The number of hydrogen-bond acceptors (Lipinski definition) is 5. The van der Waals surface area contributed by atoms with Gasteiger partial charge in [0, 0.05) is 11.6 Å². The van der Waals surface area contributed by atoms with Gasteiger partial charge in [-0.1, -0.05) is 19.3 Å². The maximum Gasteiger partial charge on any atom is 0.228 e. The highest BCUT2D eigenvalue weighted by Crippen LogP contribution is 2.25. The fourth-order valence-electron chi connectivity index (χ4n) is 3.01. The maximum atomic E-state index is 12.2. The van der Waals surface area contributed by atoms with Crippen LogP contribution in [-0.2, 0) is 4.79 Å². The van der Waals surface area contributed by atoms with Crippen molar-refractivity contribution in [3.63, 3.8) is 0 Å². The predicted octanol–water partition coefficient (Wildman–Crippen LogP) is 4.14. The first-order chi connectivity index (χ1) is 12.2. The number of aromatic nitrogens is 2. The second kappa shape index (κ2) is 8.46. The smallest absolute Gasteiger partial charge is 0.228 e. The van der Waals surface area contributed by atoms with Gasteiger partial charge in [-0.3, -0.25) is 4.79 Å². The minimum Gasteiger partial charge on any atom is -0.494 e. The maximum absolute atomic E-state index is 12.2. The van der Waals surface area contributed by atoms with Crippen molar-refractivity contribution in [1.82, 2.24) is 10.2 Å². The Labute approximate surface area is 148 Å². The Morgan fingerprint density at radius 2 is 1.72 bits per heavy atom. The van der Waals surface area contributed by atoms with Crippen LogP contribution in [0.25, 0.3) is 0 Å². The molecule has 0 spiro atoms. The molecule has 6 heteroatoms. The summed E-state index contributed by atoms with van der Waals surface area (Å²) in [5, 5.41) is 14.3. The highest BCUT2D eigenvalue weighted by atomic mass is 16.5. The average Bonchev–Trinajstić information content (AvgIpc) is 2.66. The summed E-state index contributed by atoms with van der Waals surface area (Å²) in [6.45, 7) is 2.60. The molecular formula is C19H24N4O2. The fraction of sp³-hybridized carbons (Fsp3) is 0.421. The lowest BCUT2D eigenvalue weighted by Gasteiger charge is -2.20. The molecule has 1 fully saturated rings. The molecule has 1 amide bonds. The van der Waals surface area contributed by atoms with Gasteiger partial charge in [-0.2, -0.15) is 0 Å². The Morgan fingerprint density at radius 1 is 1.04 bits per heavy atom. The van der Waals surface area contributed by atoms with E-state index in [1.165, 1.54) is 6.42 Å². The lowest BCUT2D eigenvalue weighted by Crippen LogP contribution is -2.25. The molecule has 0 radical (unpaired) electrons. The average molecular weight is 340 g/mol. The van der Waals surface area contributed by atoms with Gasteiger partial charge >= 0.3 is 0 Å². The number of amides is 1. The Morgan fingerprint density at radius 3 is 2.36 bits per heavy atom. The largest absolute Gasteiger partial charge is 0.494 e. The first kappa shape index (κ1) is 17.2. The number of rotatable bonds is 6. The van der Waals surface area contributed by atoms with Crippen molar-refractivity contribution in [2.75, 3.05) is 17.2 Å². The molecule has 1 heterocycles. The summed E-state index contributed by atoms with van der Waals surface area (Å²) in [4.78, 5) is 12.2. The van der Waals surface area contributed by atoms with Crippen LogP contribution in [0.1, 0.15) is 39.0 Å². The molecule has 0 saturated heterocycles. The van der Waals surface area contributed by atoms with E-state index in [0.717, 1.165) is 37.1 Å². The second-order valence-electron chi connectivity index (χ2n) is 6.21. The lowest BCUT2D eigenvalue weighted by atomic mass is 9.89. The number of carbonyl (C=O) groups is 1. The number of benzene rings is 1. The summed E-state index contributed by atoms with van der Waals surface area (Å²) in [5.41, 5.74) is 0.900. The molecule has 2 aromatic rings. The standard InChI is InChI=1S/C19H24N4O2/c1-2-25-16-10-8-15(9-11-16)20-17-12-13-18(23-22-17)21-19(24)14-6-4-3-5-7-14/h8-14H,2-7H2,1H3,(H,20,22)(H,21,23,24). The molecule has 0 aliphatic heterocycles. The van der Waals surface area contributed by atoms with E-state index in [1.807, 2.05) is 31.2 Å². The van der Waals surface area contributed by atoms with Crippen LogP contribution < -0.4 is 15.4 Å².